The first-order valence-electron chi connectivity index (χ1n) is 8.02. The SMILES string of the molecule is CCc1cnccc1C(=O)N(CC)c1ccccc1S(=O)(=O)CC. The molecule has 0 aliphatic carbocycles. The van der Waals surface area contributed by atoms with Crippen LogP contribution in [0.1, 0.15) is 36.7 Å². The summed E-state index contributed by atoms with van der Waals surface area (Å²) < 4.78 is 24.8. The normalized spacial score (nSPS) is 11.3. The molecule has 1 heterocycles. The molecule has 0 fully saturated rings. The van der Waals surface area contributed by atoms with Crippen molar-refractivity contribution >= 4 is 21.4 Å². The first kappa shape index (κ1) is 18.1. The summed E-state index contributed by atoms with van der Waals surface area (Å²) >= 11 is 0. The summed E-state index contributed by atoms with van der Waals surface area (Å²) in [6.07, 6.45) is 3.94. The molecule has 5 nitrogen and oxygen atoms in total. The Bertz CT molecular complexity index is 832. The molecule has 6 heteroatoms. The van der Waals surface area contributed by atoms with Crippen LogP contribution < -0.4 is 4.90 Å². The van der Waals surface area contributed by atoms with Crippen molar-refractivity contribution in [3.05, 3.63) is 53.9 Å². The van der Waals surface area contributed by atoms with Gasteiger partial charge in [-0.15, -0.1) is 0 Å². The molecule has 0 saturated carbocycles. The predicted molar refractivity (Wildman–Crippen MR) is 95.1 cm³/mol. The lowest BCUT2D eigenvalue weighted by atomic mass is 10.1. The van der Waals surface area contributed by atoms with Gasteiger partial charge >= 0.3 is 0 Å². The van der Waals surface area contributed by atoms with E-state index in [2.05, 4.69) is 4.98 Å². The van der Waals surface area contributed by atoms with E-state index in [-0.39, 0.29) is 16.6 Å². The van der Waals surface area contributed by atoms with E-state index in [0.29, 0.717) is 24.2 Å². The maximum atomic E-state index is 13.0. The van der Waals surface area contributed by atoms with Crippen LogP contribution in [0.3, 0.4) is 0 Å². The summed E-state index contributed by atoms with van der Waals surface area (Å²) in [6.45, 7) is 5.77. The average molecular weight is 346 g/mol. The molecular weight excluding hydrogens is 324 g/mol. The van der Waals surface area contributed by atoms with Gasteiger partial charge in [-0.3, -0.25) is 9.78 Å². The number of pyridine rings is 1. The highest BCUT2D eigenvalue weighted by Crippen LogP contribution is 2.27. The summed E-state index contributed by atoms with van der Waals surface area (Å²) in [5, 5.41) is 0. The fourth-order valence-electron chi connectivity index (χ4n) is 2.58. The lowest BCUT2D eigenvalue weighted by Gasteiger charge is -2.24. The Labute approximate surface area is 143 Å². The third-order valence-electron chi connectivity index (χ3n) is 3.95. The van der Waals surface area contributed by atoms with Gasteiger partial charge in [-0.25, -0.2) is 8.42 Å². The quantitative estimate of drug-likeness (QED) is 0.806. The van der Waals surface area contributed by atoms with Crippen LogP contribution in [-0.4, -0.2) is 31.6 Å². The molecule has 0 radical (unpaired) electrons. The molecule has 0 aliphatic heterocycles. The Hall–Kier alpha value is -2.21. The second-order valence-electron chi connectivity index (χ2n) is 5.31. The van der Waals surface area contributed by atoms with Gasteiger partial charge in [0.25, 0.3) is 5.91 Å². The molecule has 0 atom stereocenters. The van der Waals surface area contributed by atoms with Gasteiger partial charge < -0.3 is 4.90 Å². The zero-order valence-corrected chi connectivity index (χ0v) is 15.0. The Morgan fingerprint density at radius 3 is 2.46 bits per heavy atom. The largest absolute Gasteiger partial charge is 0.307 e. The number of rotatable bonds is 6. The van der Waals surface area contributed by atoms with Crippen LogP contribution in [0.25, 0.3) is 0 Å². The van der Waals surface area contributed by atoms with E-state index >= 15 is 0 Å². The van der Waals surface area contributed by atoms with E-state index in [4.69, 9.17) is 0 Å². The number of carbonyl (C=O) groups is 1. The van der Waals surface area contributed by atoms with Gasteiger partial charge in [0.1, 0.15) is 0 Å². The second kappa shape index (κ2) is 7.57. The molecule has 1 aromatic heterocycles. The molecule has 2 aromatic rings. The van der Waals surface area contributed by atoms with Crippen LogP contribution in [0.4, 0.5) is 5.69 Å². The van der Waals surface area contributed by atoms with Crippen molar-refractivity contribution < 1.29 is 13.2 Å². The summed E-state index contributed by atoms with van der Waals surface area (Å²) in [7, 11) is -3.42. The molecule has 128 valence electrons. The molecule has 0 spiro atoms. The number of para-hydroxylation sites is 1. The number of aryl methyl sites for hydroxylation is 1. The number of nitrogens with zero attached hydrogens (tertiary/aromatic N) is 2. The first-order chi connectivity index (χ1) is 11.5. The fourth-order valence-corrected chi connectivity index (χ4v) is 3.68. The second-order valence-corrected chi connectivity index (χ2v) is 7.55. The zero-order valence-electron chi connectivity index (χ0n) is 14.2. The van der Waals surface area contributed by atoms with Crippen LogP contribution in [0.15, 0.2) is 47.6 Å². The number of hydrogen-bond donors (Lipinski definition) is 0. The molecule has 1 amide bonds. The monoisotopic (exact) mass is 346 g/mol. The minimum Gasteiger partial charge on any atom is -0.307 e. The highest BCUT2D eigenvalue weighted by molar-refractivity contribution is 7.91. The summed E-state index contributed by atoms with van der Waals surface area (Å²) in [4.78, 5) is 18.8. The Morgan fingerprint density at radius 1 is 1.12 bits per heavy atom. The van der Waals surface area contributed by atoms with E-state index in [1.165, 1.54) is 4.90 Å². The van der Waals surface area contributed by atoms with Crippen LogP contribution in [-0.2, 0) is 16.3 Å². The van der Waals surface area contributed by atoms with Gasteiger partial charge in [-0.2, -0.15) is 0 Å². The van der Waals surface area contributed by atoms with Gasteiger partial charge in [-0.05, 0) is 37.1 Å². The molecule has 0 aliphatic rings. The van der Waals surface area contributed by atoms with Crippen molar-refractivity contribution in [3.63, 3.8) is 0 Å². The molecule has 0 bridgehead atoms. The van der Waals surface area contributed by atoms with Crippen molar-refractivity contribution in [2.45, 2.75) is 32.1 Å². The molecular formula is C18H22N2O3S. The molecule has 24 heavy (non-hydrogen) atoms. The molecule has 0 N–H and O–H groups in total. The fraction of sp³-hybridized carbons (Fsp3) is 0.333. The number of anilines is 1. The van der Waals surface area contributed by atoms with Crippen molar-refractivity contribution in [3.8, 4) is 0 Å². The zero-order chi connectivity index (χ0) is 17.7. The van der Waals surface area contributed by atoms with E-state index < -0.39 is 9.84 Å². The highest BCUT2D eigenvalue weighted by Gasteiger charge is 2.25. The molecule has 1 aromatic carbocycles. The van der Waals surface area contributed by atoms with Crippen LogP contribution >= 0.6 is 0 Å². The van der Waals surface area contributed by atoms with Gasteiger partial charge in [0.2, 0.25) is 0 Å². The number of benzene rings is 1. The molecule has 0 saturated heterocycles. The minimum absolute atomic E-state index is 0.00871. The first-order valence-corrected chi connectivity index (χ1v) is 9.68. The van der Waals surface area contributed by atoms with Crippen LogP contribution in [0.5, 0.6) is 0 Å². The number of aromatic nitrogens is 1. The van der Waals surface area contributed by atoms with E-state index in [0.717, 1.165) is 5.56 Å². The van der Waals surface area contributed by atoms with Crippen molar-refractivity contribution in [2.24, 2.45) is 0 Å². The standard InChI is InChI=1S/C18H22N2O3S/c1-4-14-13-19-12-11-15(14)18(21)20(5-2)16-9-7-8-10-17(16)24(22,23)6-3/h7-13H,4-6H2,1-3H3. The number of hydrogen-bond acceptors (Lipinski definition) is 4. The van der Waals surface area contributed by atoms with Crippen LogP contribution in [0.2, 0.25) is 0 Å². The predicted octanol–water partition coefficient (Wildman–Crippen LogP) is 3.10. The van der Waals surface area contributed by atoms with Gasteiger partial charge in [0.15, 0.2) is 9.84 Å². The highest BCUT2D eigenvalue weighted by atomic mass is 32.2. The lowest BCUT2D eigenvalue weighted by Crippen LogP contribution is -2.32. The van der Waals surface area contributed by atoms with E-state index in [1.54, 1.807) is 49.6 Å². The van der Waals surface area contributed by atoms with Crippen molar-refractivity contribution in [1.29, 1.82) is 0 Å². The third kappa shape index (κ3) is 3.48. The smallest absolute Gasteiger partial charge is 0.258 e. The minimum atomic E-state index is -3.42. The maximum Gasteiger partial charge on any atom is 0.258 e. The van der Waals surface area contributed by atoms with E-state index in [1.807, 2.05) is 13.8 Å². The van der Waals surface area contributed by atoms with Crippen molar-refractivity contribution in [2.75, 3.05) is 17.2 Å². The van der Waals surface area contributed by atoms with Gasteiger partial charge in [0.05, 0.1) is 16.3 Å². The Morgan fingerprint density at radius 2 is 1.83 bits per heavy atom. The Balaban J connectivity index is 2.56. The lowest BCUT2D eigenvalue weighted by molar-refractivity contribution is 0.0987. The third-order valence-corrected chi connectivity index (χ3v) is 5.72. The summed E-state index contributed by atoms with van der Waals surface area (Å²) in [6, 6.07) is 8.33. The molecule has 2 rings (SSSR count). The number of carbonyl (C=O) groups excluding carboxylic acids is 1. The number of sulfone groups is 1. The van der Waals surface area contributed by atoms with Gasteiger partial charge in [0, 0.05) is 24.5 Å². The van der Waals surface area contributed by atoms with Gasteiger partial charge in [-0.1, -0.05) is 26.0 Å². The topological polar surface area (TPSA) is 67.3 Å². The summed E-state index contributed by atoms with van der Waals surface area (Å²) in [5.74, 6) is -0.221. The van der Waals surface area contributed by atoms with Crippen LogP contribution in [0, 0.1) is 0 Å². The maximum absolute atomic E-state index is 13.0. The summed E-state index contributed by atoms with van der Waals surface area (Å²) in [5.41, 5.74) is 1.82. The van der Waals surface area contributed by atoms with Crippen molar-refractivity contribution in [1.82, 2.24) is 4.98 Å². The van der Waals surface area contributed by atoms with E-state index in [9.17, 15) is 13.2 Å². The Kier molecular flexibility index (Phi) is 5.72. The molecule has 0 unspecified atom stereocenters. The number of amides is 1. The average Bonchev–Trinajstić information content (AvgIpc) is 2.62.